The Morgan fingerprint density at radius 1 is 0.850 bits per heavy atom. The van der Waals surface area contributed by atoms with Crippen molar-refractivity contribution in [2.75, 3.05) is 0 Å². The average molecular weight is 280 g/mol. The van der Waals surface area contributed by atoms with Gasteiger partial charge in [-0.25, -0.2) is 9.59 Å². The second kappa shape index (κ2) is 5.74. The Labute approximate surface area is 111 Å². The highest BCUT2D eigenvalue weighted by molar-refractivity contribution is 6.42. The number of ketones is 2. The van der Waals surface area contributed by atoms with Crippen LogP contribution < -0.4 is 0 Å². The van der Waals surface area contributed by atoms with Gasteiger partial charge < -0.3 is 15.3 Å². The minimum atomic E-state index is -1.84. The number of carbonyl (C=O) groups excluding carboxylic acids is 2. The van der Waals surface area contributed by atoms with Crippen LogP contribution in [-0.4, -0.2) is 44.8 Å². The molecule has 8 nitrogen and oxygen atoms in total. The monoisotopic (exact) mass is 280 g/mol. The Bertz CT molecular complexity index is 628. The first-order valence-corrected chi connectivity index (χ1v) is 5.14. The standard InChI is InChI=1S/C12H8O8/c13-8(14)4-5-1-2-6(9(15)11(17)18)3-7(5)10(16)12(19)20/h1-3H,4H2,(H,13,14)(H,17,18)(H,19,20). The van der Waals surface area contributed by atoms with Crippen molar-refractivity contribution in [2.24, 2.45) is 0 Å². The van der Waals surface area contributed by atoms with Gasteiger partial charge in [-0.2, -0.15) is 0 Å². The first kappa shape index (κ1) is 15.0. The van der Waals surface area contributed by atoms with Gasteiger partial charge in [0.2, 0.25) is 0 Å². The van der Waals surface area contributed by atoms with Crippen LogP contribution in [0.4, 0.5) is 0 Å². The lowest BCUT2D eigenvalue weighted by atomic mass is 9.96. The number of rotatable bonds is 6. The van der Waals surface area contributed by atoms with Gasteiger partial charge in [0.05, 0.1) is 6.42 Å². The summed E-state index contributed by atoms with van der Waals surface area (Å²) in [5.74, 6) is -7.66. The second-order valence-corrected chi connectivity index (χ2v) is 3.71. The van der Waals surface area contributed by atoms with Crippen molar-refractivity contribution in [3.05, 3.63) is 34.9 Å². The van der Waals surface area contributed by atoms with E-state index in [0.29, 0.717) is 0 Å². The van der Waals surface area contributed by atoms with E-state index >= 15 is 0 Å². The summed E-state index contributed by atoms with van der Waals surface area (Å²) >= 11 is 0. The minimum absolute atomic E-state index is 0.119. The molecule has 0 aromatic heterocycles. The van der Waals surface area contributed by atoms with E-state index in [-0.39, 0.29) is 5.56 Å². The summed E-state index contributed by atoms with van der Waals surface area (Å²) < 4.78 is 0. The fourth-order valence-corrected chi connectivity index (χ4v) is 1.48. The predicted molar refractivity (Wildman–Crippen MR) is 61.7 cm³/mol. The minimum Gasteiger partial charge on any atom is -0.481 e. The first-order valence-electron chi connectivity index (χ1n) is 5.14. The van der Waals surface area contributed by atoms with Crippen LogP contribution in [0.25, 0.3) is 0 Å². The molecular formula is C12H8O8. The van der Waals surface area contributed by atoms with Crippen LogP contribution in [0.1, 0.15) is 26.3 Å². The van der Waals surface area contributed by atoms with Gasteiger partial charge in [0, 0.05) is 11.1 Å². The number of Topliss-reactive ketones (excluding diaryl/α,β-unsaturated/α-hetero) is 2. The summed E-state index contributed by atoms with van der Waals surface area (Å²) in [7, 11) is 0. The van der Waals surface area contributed by atoms with Crippen molar-refractivity contribution < 1.29 is 39.3 Å². The Balaban J connectivity index is 3.39. The Morgan fingerprint density at radius 3 is 1.85 bits per heavy atom. The third-order valence-electron chi connectivity index (χ3n) is 2.35. The molecule has 0 radical (unpaired) electrons. The molecule has 1 aromatic rings. The lowest BCUT2D eigenvalue weighted by Crippen LogP contribution is -2.19. The van der Waals surface area contributed by atoms with E-state index in [9.17, 15) is 24.0 Å². The number of aliphatic carboxylic acids is 3. The lowest BCUT2D eigenvalue weighted by Gasteiger charge is -2.06. The molecule has 0 heterocycles. The Hall–Kier alpha value is -3.03. The lowest BCUT2D eigenvalue weighted by molar-refractivity contribution is -0.136. The molecule has 104 valence electrons. The molecule has 1 aromatic carbocycles. The maximum Gasteiger partial charge on any atom is 0.377 e. The maximum absolute atomic E-state index is 11.4. The van der Waals surface area contributed by atoms with Gasteiger partial charge in [0.1, 0.15) is 0 Å². The maximum atomic E-state index is 11.4. The number of carboxylic acids is 3. The van der Waals surface area contributed by atoms with Gasteiger partial charge in [-0.3, -0.25) is 14.4 Å². The topological polar surface area (TPSA) is 146 Å². The van der Waals surface area contributed by atoms with E-state index in [4.69, 9.17) is 15.3 Å². The molecule has 0 atom stereocenters. The molecule has 8 heteroatoms. The molecule has 0 amide bonds. The fourth-order valence-electron chi connectivity index (χ4n) is 1.48. The molecule has 1 rings (SSSR count). The van der Waals surface area contributed by atoms with Gasteiger partial charge in [0.25, 0.3) is 11.6 Å². The molecule has 0 saturated heterocycles. The van der Waals surface area contributed by atoms with Crippen LogP contribution >= 0.6 is 0 Å². The summed E-state index contributed by atoms with van der Waals surface area (Å²) in [4.78, 5) is 54.5. The van der Waals surface area contributed by atoms with Gasteiger partial charge >= 0.3 is 17.9 Å². The molecule has 0 saturated carbocycles. The molecule has 0 aliphatic carbocycles. The zero-order chi connectivity index (χ0) is 15.4. The van der Waals surface area contributed by atoms with Gasteiger partial charge in [0.15, 0.2) is 0 Å². The van der Waals surface area contributed by atoms with E-state index < -0.39 is 47.0 Å². The number of hydrogen-bond acceptors (Lipinski definition) is 5. The molecule has 0 spiro atoms. The van der Waals surface area contributed by atoms with E-state index in [0.717, 1.165) is 18.2 Å². The highest BCUT2D eigenvalue weighted by Gasteiger charge is 2.23. The molecule has 0 unspecified atom stereocenters. The van der Waals surface area contributed by atoms with Gasteiger partial charge in [-0.15, -0.1) is 0 Å². The molecule has 0 fully saturated rings. The second-order valence-electron chi connectivity index (χ2n) is 3.71. The van der Waals surface area contributed by atoms with Gasteiger partial charge in [-0.1, -0.05) is 12.1 Å². The summed E-state index contributed by atoms with van der Waals surface area (Å²) in [6, 6.07) is 2.83. The third-order valence-corrected chi connectivity index (χ3v) is 2.35. The van der Waals surface area contributed by atoms with Crippen molar-refractivity contribution in [1.82, 2.24) is 0 Å². The molecule has 3 N–H and O–H groups in total. The fraction of sp³-hybridized carbons (Fsp3) is 0.0833. The molecule has 0 aliphatic heterocycles. The SMILES string of the molecule is O=C(O)Cc1ccc(C(=O)C(=O)O)cc1C(=O)C(=O)O. The smallest absolute Gasteiger partial charge is 0.377 e. The third kappa shape index (κ3) is 3.25. The van der Waals surface area contributed by atoms with Crippen LogP contribution in [0.5, 0.6) is 0 Å². The summed E-state index contributed by atoms with van der Waals surface area (Å²) in [6.45, 7) is 0. The van der Waals surface area contributed by atoms with E-state index in [1.165, 1.54) is 0 Å². The Kier molecular flexibility index (Phi) is 4.31. The van der Waals surface area contributed by atoms with Crippen LogP contribution in [0.3, 0.4) is 0 Å². The van der Waals surface area contributed by atoms with Crippen molar-refractivity contribution in [3.8, 4) is 0 Å². The van der Waals surface area contributed by atoms with Crippen molar-refractivity contribution in [3.63, 3.8) is 0 Å². The molecular weight excluding hydrogens is 272 g/mol. The van der Waals surface area contributed by atoms with Crippen LogP contribution in [-0.2, 0) is 20.8 Å². The molecule has 20 heavy (non-hydrogen) atoms. The van der Waals surface area contributed by atoms with Crippen LogP contribution in [0.2, 0.25) is 0 Å². The molecule has 0 bridgehead atoms. The average Bonchev–Trinajstić information content (AvgIpc) is 2.36. The van der Waals surface area contributed by atoms with Crippen LogP contribution in [0.15, 0.2) is 18.2 Å². The zero-order valence-corrected chi connectivity index (χ0v) is 9.82. The quantitative estimate of drug-likeness (QED) is 0.481. The zero-order valence-electron chi connectivity index (χ0n) is 9.82. The summed E-state index contributed by atoms with van der Waals surface area (Å²) in [5.41, 5.74) is -1.05. The molecule has 0 aliphatic rings. The van der Waals surface area contributed by atoms with E-state index in [1.54, 1.807) is 0 Å². The summed E-state index contributed by atoms with van der Waals surface area (Å²) in [5, 5.41) is 25.8. The largest absolute Gasteiger partial charge is 0.481 e. The summed E-state index contributed by atoms with van der Waals surface area (Å²) in [6.07, 6.45) is -0.629. The normalized spacial score (nSPS) is 9.80. The van der Waals surface area contributed by atoms with E-state index in [1.807, 2.05) is 0 Å². The Morgan fingerprint density at radius 2 is 1.40 bits per heavy atom. The highest BCUT2D eigenvalue weighted by Crippen LogP contribution is 2.15. The number of carbonyl (C=O) groups is 5. The van der Waals surface area contributed by atoms with Gasteiger partial charge in [-0.05, 0) is 11.6 Å². The first-order chi connectivity index (χ1) is 9.23. The van der Waals surface area contributed by atoms with Crippen molar-refractivity contribution in [2.45, 2.75) is 6.42 Å². The number of benzene rings is 1. The van der Waals surface area contributed by atoms with Crippen LogP contribution in [0, 0.1) is 0 Å². The highest BCUT2D eigenvalue weighted by atomic mass is 16.4. The van der Waals surface area contributed by atoms with Crippen molar-refractivity contribution >= 4 is 29.5 Å². The van der Waals surface area contributed by atoms with Crippen molar-refractivity contribution in [1.29, 1.82) is 0 Å². The van der Waals surface area contributed by atoms with E-state index in [2.05, 4.69) is 0 Å². The predicted octanol–water partition coefficient (Wildman–Crippen LogP) is -0.152. The number of hydrogen-bond donors (Lipinski definition) is 3. The number of carboxylic acid groups (broad SMARTS) is 3.